The average molecular weight is 433 g/mol. The molecular weight excluding hydrogens is 396 g/mol. The number of hydrogen-bond acceptors (Lipinski definition) is 8. The van der Waals surface area contributed by atoms with Gasteiger partial charge in [-0.05, 0) is 0 Å². The summed E-state index contributed by atoms with van der Waals surface area (Å²) in [6.45, 7) is 0. The van der Waals surface area contributed by atoms with Crippen molar-refractivity contribution in [3.05, 3.63) is 0 Å². The Morgan fingerprint density at radius 1 is 0.360 bits per heavy atom. The number of ether oxygens (including phenoxy) is 8. The van der Waals surface area contributed by atoms with E-state index in [0.717, 1.165) is 0 Å². The highest BCUT2D eigenvalue weighted by atomic mass is 28.2. The maximum absolute atomic E-state index is 5.93. The predicted octanol–water partition coefficient (Wildman–Crippen LogP) is -4.78. The molecule has 0 N–H and O–H groups in total. The molecule has 0 aliphatic rings. The van der Waals surface area contributed by atoms with Crippen LogP contribution in [0.5, 0.6) is 0 Å². The second-order valence-electron chi connectivity index (χ2n) is 6.17. The van der Waals surface area contributed by atoms with Gasteiger partial charge in [0.1, 0.15) is 0 Å². The van der Waals surface area contributed by atoms with Crippen LogP contribution in [-0.2, 0) is 37.9 Å². The summed E-state index contributed by atoms with van der Waals surface area (Å²) in [5, 5.41) is 0. The van der Waals surface area contributed by atoms with Gasteiger partial charge >= 0.3 is 0 Å². The molecule has 0 aromatic heterocycles. The Morgan fingerprint density at radius 3 is 0.560 bits per heavy atom. The van der Waals surface area contributed by atoms with E-state index in [4.69, 9.17) is 37.9 Å². The van der Waals surface area contributed by atoms with E-state index in [1.54, 1.807) is 56.9 Å². The van der Waals surface area contributed by atoms with Crippen molar-refractivity contribution in [3.63, 3.8) is 0 Å². The summed E-state index contributed by atoms with van der Waals surface area (Å²) < 4.78 is 47.4. The van der Waals surface area contributed by atoms with Crippen LogP contribution in [0.4, 0.5) is 0 Å². The molecule has 0 aliphatic carbocycles. The van der Waals surface area contributed by atoms with Crippen molar-refractivity contribution >= 4 is 41.0 Å². The Morgan fingerprint density at radius 2 is 0.480 bits per heavy atom. The fourth-order valence-electron chi connectivity index (χ4n) is 4.03. The first-order valence-corrected chi connectivity index (χ1v) is 11.9. The van der Waals surface area contributed by atoms with Crippen LogP contribution in [0.2, 0.25) is 0 Å². The third kappa shape index (κ3) is 3.40. The normalized spacial score (nSPS) is 17.3. The second-order valence-corrected chi connectivity index (χ2v) is 11.4. The zero-order chi connectivity index (χ0) is 20.2. The van der Waals surface area contributed by atoms with Gasteiger partial charge in [0.15, 0.2) is 27.1 Å². The Hall–Kier alpha value is 0.548. The highest BCUT2D eigenvalue weighted by Gasteiger charge is 2.79. The van der Waals surface area contributed by atoms with E-state index in [0.29, 0.717) is 41.0 Å². The van der Waals surface area contributed by atoms with Gasteiger partial charge in [-0.15, -0.1) is 0 Å². The number of rotatable bonds is 12. The monoisotopic (exact) mass is 432 g/mol. The maximum Gasteiger partial charge on any atom is 0.164 e. The molecule has 0 saturated carbocycles. The predicted molar refractivity (Wildman–Crippen MR) is 109 cm³/mol. The molecule has 0 unspecified atom stereocenters. The summed E-state index contributed by atoms with van der Waals surface area (Å²) >= 11 is 0. The Bertz CT molecular complexity index is 331. The van der Waals surface area contributed by atoms with Crippen molar-refractivity contribution in [2.75, 3.05) is 56.9 Å². The fraction of sp³-hybridized carbons (Fsp3) is 1.00. The van der Waals surface area contributed by atoms with Gasteiger partial charge < -0.3 is 37.9 Å². The summed E-state index contributed by atoms with van der Waals surface area (Å²) in [4.78, 5) is 0. The topological polar surface area (TPSA) is 73.8 Å². The minimum atomic E-state index is -1.21. The van der Waals surface area contributed by atoms with Crippen molar-refractivity contribution in [2.24, 2.45) is 5.41 Å². The highest BCUT2D eigenvalue weighted by molar-refractivity contribution is 6.25. The molecule has 0 bridgehead atoms. The third-order valence-corrected chi connectivity index (χ3v) is 12.1. The molecule has 0 rings (SSSR count). The lowest BCUT2D eigenvalue weighted by Crippen LogP contribution is -2.85. The van der Waals surface area contributed by atoms with E-state index < -0.39 is 27.1 Å². The lowest BCUT2D eigenvalue weighted by Gasteiger charge is -2.66. The summed E-state index contributed by atoms with van der Waals surface area (Å²) in [7, 11) is 14.4. The van der Waals surface area contributed by atoms with Gasteiger partial charge in [-0.1, -0.05) is 0 Å². The molecule has 152 valence electrons. The minimum Gasteiger partial charge on any atom is -0.357 e. The van der Waals surface area contributed by atoms with Gasteiger partial charge in [-0.25, -0.2) is 0 Å². The summed E-state index contributed by atoms with van der Waals surface area (Å²) in [6.07, 6.45) is 0. The van der Waals surface area contributed by atoms with Crippen molar-refractivity contribution in [1.29, 1.82) is 0 Å². The average Bonchev–Trinajstić information content (AvgIpc) is 2.66. The Labute approximate surface area is 163 Å². The number of methoxy groups -OCH3 is 8. The lowest BCUT2D eigenvalue weighted by molar-refractivity contribution is -0.449. The van der Waals surface area contributed by atoms with Crippen LogP contribution >= 0.6 is 0 Å². The molecule has 0 fully saturated rings. The van der Waals surface area contributed by atoms with Crippen molar-refractivity contribution < 1.29 is 37.9 Å². The van der Waals surface area contributed by atoms with Gasteiger partial charge in [0.25, 0.3) is 0 Å². The first-order valence-electron chi connectivity index (χ1n) is 7.90. The standard InChI is InChI=1S/C13H36O8Si4/c1-14-10(22,15-2)9(11(23,16-3)17-4,12(24,18-5)19-6)13(25,20-7)21-8/h1-8,22-25H3. The van der Waals surface area contributed by atoms with Crippen LogP contribution in [0.15, 0.2) is 0 Å². The molecule has 0 heterocycles. The van der Waals surface area contributed by atoms with Crippen LogP contribution in [0, 0.1) is 5.41 Å². The molecule has 0 amide bonds. The van der Waals surface area contributed by atoms with Crippen LogP contribution in [0.3, 0.4) is 0 Å². The zero-order valence-corrected chi connectivity index (χ0v) is 25.8. The molecule has 0 radical (unpaired) electrons. The largest absolute Gasteiger partial charge is 0.357 e. The molecular formula is C13H36O8Si4. The Balaban J connectivity index is 7.47. The maximum atomic E-state index is 5.93. The highest BCUT2D eigenvalue weighted by Crippen LogP contribution is 2.58. The SMILES string of the molecule is COC([SiH3])(OC)C(C([SiH3])(OC)OC)(C([SiH3])(OC)OC)C([SiH3])(OC)OC. The molecule has 0 aromatic rings. The molecule has 8 nitrogen and oxygen atoms in total. The summed E-state index contributed by atoms with van der Waals surface area (Å²) in [5.41, 5.74) is -5.81. The van der Waals surface area contributed by atoms with E-state index >= 15 is 0 Å². The van der Waals surface area contributed by atoms with Gasteiger partial charge in [-0.2, -0.15) is 0 Å². The van der Waals surface area contributed by atoms with Gasteiger partial charge in [-0.3, -0.25) is 0 Å². The van der Waals surface area contributed by atoms with Crippen LogP contribution in [0.25, 0.3) is 0 Å². The fourth-order valence-corrected chi connectivity index (χ4v) is 12.5. The third-order valence-electron chi connectivity index (χ3n) is 5.84. The first kappa shape index (κ1) is 25.5. The molecule has 25 heavy (non-hydrogen) atoms. The summed E-state index contributed by atoms with van der Waals surface area (Å²) in [5.74, 6) is 0. The first-order chi connectivity index (χ1) is 11.5. The second kappa shape index (κ2) is 9.16. The van der Waals surface area contributed by atoms with Gasteiger partial charge in [0.2, 0.25) is 0 Å². The van der Waals surface area contributed by atoms with Gasteiger partial charge in [0.05, 0.1) is 41.0 Å². The molecule has 0 spiro atoms. The van der Waals surface area contributed by atoms with E-state index in [1.165, 1.54) is 0 Å². The molecule has 0 aliphatic heterocycles. The van der Waals surface area contributed by atoms with Crippen LogP contribution in [0.1, 0.15) is 0 Å². The Kier molecular flexibility index (Phi) is 9.36. The molecule has 0 atom stereocenters. The molecule has 0 saturated heterocycles. The van der Waals surface area contributed by atoms with E-state index in [1.807, 2.05) is 0 Å². The van der Waals surface area contributed by atoms with Crippen LogP contribution in [-0.4, -0.2) is 119 Å². The summed E-state index contributed by atoms with van der Waals surface area (Å²) in [6, 6.07) is 0. The van der Waals surface area contributed by atoms with Crippen molar-refractivity contribution in [2.45, 2.75) is 21.6 Å². The van der Waals surface area contributed by atoms with E-state index in [2.05, 4.69) is 0 Å². The van der Waals surface area contributed by atoms with Crippen molar-refractivity contribution in [1.82, 2.24) is 0 Å². The minimum absolute atomic E-state index is 0.439. The smallest absolute Gasteiger partial charge is 0.164 e. The molecule has 12 heteroatoms. The van der Waals surface area contributed by atoms with E-state index in [9.17, 15) is 0 Å². The van der Waals surface area contributed by atoms with E-state index in [-0.39, 0.29) is 0 Å². The quantitative estimate of drug-likeness (QED) is 0.225. The van der Waals surface area contributed by atoms with Crippen LogP contribution < -0.4 is 0 Å². The number of hydrogen-bond donors (Lipinski definition) is 0. The zero-order valence-electron chi connectivity index (χ0n) is 17.8. The van der Waals surface area contributed by atoms with Gasteiger partial charge in [0, 0.05) is 56.9 Å². The lowest BCUT2D eigenvalue weighted by atomic mass is 9.80. The molecule has 0 aromatic carbocycles. The van der Waals surface area contributed by atoms with Crippen molar-refractivity contribution in [3.8, 4) is 0 Å².